The minimum absolute atomic E-state index is 0.349. The number of rotatable bonds is 4. The number of anilines is 1. The van der Waals surface area contributed by atoms with Gasteiger partial charge in [0.15, 0.2) is 5.13 Å². The standard InChI is InChI=1S/C16H20N6O2S/c1-3-12-18-7-6-10(20-12)13-9(2)19-15(25-13)21-16(24)22-8-4-5-11(22)14(17)23/h6-7,11H,3-5,8H2,1-2H3,(H2,17,23)(H,19,21,24)/t11-/m0/s1. The number of nitrogens with zero attached hydrogens (tertiary/aromatic N) is 4. The molecule has 1 fully saturated rings. The molecular weight excluding hydrogens is 340 g/mol. The van der Waals surface area contributed by atoms with E-state index in [1.165, 1.54) is 16.2 Å². The Morgan fingerprint density at radius 3 is 2.96 bits per heavy atom. The van der Waals surface area contributed by atoms with Gasteiger partial charge in [-0.05, 0) is 25.8 Å². The van der Waals surface area contributed by atoms with Crippen molar-refractivity contribution in [3.8, 4) is 10.6 Å². The lowest BCUT2D eigenvalue weighted by molar-refractivity contribution is -0.121. The second-order valence-corrected chi connectivity index (χ2v) is 6.83. The second kappa shape index (κ2) is 7.14. The van der Waals surface area contributed by atoms with Gasteiger partial charge in [0, 0.05) is 19.2 Å². The number of hydrogen-bond donors (Lipinski definition) is 2. The topological polar surface area (TPSA) is 114 Å². The maximum Gasteiger partial charge on any atom is 0.324 e. The van der Waals surface area contributed by atoms with Crippen LogP contribution in [0.1, 0.15) is 31.3 Å². The third kappa shape index (κ3) is 3.60. The number of carbonyl (C=O) groups excluding carboxylic acids is 2. The summed E-state index contributed by atoms with van der Waals surface area (Å²) in [5.41, 5.74) is 6.94. The van der Waals surface area contributed by atoms with Crippen LogP contribution in [-0.2, 0) is 11.2 Å². The first-order chi connectivity index (χ1) is 12.0. The molecule has 1 saturated heterocycles. The Hall–Kier alpha value is -2.55. The number of nitrogens with one attached hydrogen (secondary N) is 1. The normalized spacial score (nSPS) is 16.9. The summed E-state index contributed by atoms with van der Waals surface area (Å²) in [7, 11) is 0. The van der Waals surface area contributed by atoms with Crippen LogP contribution in [0.15, 0.2) is 12.3 Å². The summed E-state index contributed by atoms with van der Waals surface area (Å²) in [5, 5.41) is 3.25. The number of nitrogens with two attached hydrogens (primary N) is 1. The molecule has 1 aliphatic heterocycles. The SMILES string of the molecule is CCc1nccc(-c2sc(NC(=O)N3CCC[C@H]3C(N)=O)nc2C)n1. The number of aryl methyl sites for hydroxylation is 2. The fourth-order valence-corrected chi connectivity index (χ4v) is 3.78. The van der Waals surface area contributed by atoms with Crippen molar-refractivity contribution in [3.05, 3.63) is 23.8 Å². The van der Waals surface area contributed by atoms with Crippen LogP contribution in [0.2, 0.25) is 0 Å². The van der Waals surface area contributed by atoms with Crippen LogP contribution < -0.4 is 11.1 Å². The van der Waals surface area contributed by atoms with Crippen LogP contribution in [-0.4, -0.2) is 44.4 Å². The van der Waals surface area contributed by atoms with Gasteiger partial charge in [-0.1, -0.05) is 18.3 Å². The number of carbonyl (C=O) groups is 2. The Bertz CT molecular complexity index is 806. The molecule has 0 aliphatic carbocycles. The highest BCUT2D eigenvalue weighted by Crippen LogP contribution is 2.32. The van der Waals surface area contributed by atoms with Gasteiger partial charge in [-0.15, -0.1) is 0 Å². The first-order valence-corrected chi connectivity index (χ1v) is 8.98. The van der Waals surface area contributed by atoms with Crippen molar-refractivity contribution in [3.63, 3.8) is 0 Å². The van der Waals surface area contributed by atoms with Gasteiger partial charge in [-0.25, -0.2) is 19.7 Å². The molecule has 9 heteroatoms. The lowest BCUT2D eigenvalue weighted by atomic mass is 10.2. The molecule has 8 nitrogen and oxygen atoms in total. The number of primary amides is 1. The predicted octanol–water partition coefficient (Wildman–Crippen LogP) is 1.95. The summed E-state index contributed by atoms with van der Waals surface area (Å²) in [5.74, 6) is 0.286. The lowest BCUT2D eigenvalue weighted by Crippen LogP contribution is -2.45. The Balaban J connectivity index is 1.78. The average Bonchev–Trinajstić information content (AvgIpc) is 3.21. The lowest BCUT2D eigenvalue weighted by Gasteiger charge is -2.21. The molecule has 0 spiro atoms. The van der Waals surface area contributed by atoms with E-state index < -0.39 is 11.9 Å². The Morgan fingerprint density at radius 1 is 1.44 bits per heavy atom. The van der Waals surface area contributed by atoms with Gasteiger partial charge < -0.3 is 10.6 Å². The third-order valence-electron chi connectivity index (χ3n) is 4.11. The van der Waals surface area contributed by atoms with Gasteiger partial charge in [-0.3, -0.25) is 10.1 Å². The van der Waals surface area contributed by atoms with Crippen molar-refractivity contribution >= 4 is 28.4 Å². The summed E-state index contributed by atoms with van der Waals surface area (Å²) in [4.78, 5) is 39.3. The van der Waals surface area contributed by atoms with Gasteiger partial charge in [0.1, 0.15) is 11.9 Å². The van der Waals surface area contributed by atoms with Crippen molar-refractivity contribution in [2.75, 3.05) is 11.9 Å². The molecule has 3 N–H and O–H groups in total. The van der Waals surface area contributed by atoms with E-state index in [4.69, 9.17) is 5.73 Å². The van der Waals surface area contributed by atoms with E-state index in [1.54, 1.807) is 6.20 Å². The molecule has 0 unspecified atom stereocenters. The van der Waals surface area contributed by atoms with Gasteiger partial charge in [0.2, 0.25) is 5.91 Å². The number of aromatic nitrogens is 3. The van der Waals surface area contributed by atoms with E-state index in [0.717, 1.165) is 34.9 Å². The molecule has 25 heavy (non-hydrogen) atoms. The minimum atomic E-state index is -0.547. The van der Waals surface area contributed by atoms with Crippen LogP contribution in [0.5, 0.6) is 0 Å². The first-order valence-electron chi connectivity index (χ1n) is 8.16. The highest BCUT2D eigenvalue weighted by molar-refractivity contribution is 7.19. The maximum absolute atomic E-state index is 12.4. The second-order valence-electron chi connectivity index (χ2n) is 5.83. The van der Waals surface area contributed by atoms with Crippen molar-refractivity contribution in [1.29, 1.82) is 0 Å². The summed E-state index contributed by atoms with van der Waals surface area (Å²) < 4.78 is 0. The van der Waals surface area contributed by atoms with E-state index in [0.29, 0.717) is 18.1 Å². The fourth-order valence-electron chi connectivity index (χ4n) is 2.85. The average molecular weight is 360 g/mol. The zero-order valence-electron chi connectivity index (χ0n) is 14.2. The van der Waals surface area contributed by atoms with Crippen LogP contribution in [0.3, 0.4) is 0 Å². The van der Waals surface area contributed by atoms with E-state index in [1.807, 2.05) is 19.9 Å². The molecule has 3 amide bonds. The van der Waals surface area contributed by atoms with Crippen molar-refractivity contribution in [2.45, 2.75) is 39.2 Å². The molecule has 0 aromatic carbocycles. The van der Waals surface area contributed by atoms with Crippen LogP contribution >= 0.6 is 11.3 Å². The monoisotopic (exact) mass is 360 g/mol. The van der Waals surface area contributed by atoms with Gasteiger partial charge in [0.05, 0.1) is 16.3 Å². The molecule has 0 radical (unpaired) electrons. The zero-order chi connectivity index (χ0) is 18.0. The Labute approximate surface area is 149 Å². The van der Waals surface area contributed by atoms with Crippen molar-refractivity contribution < 1.29 is 9.59 Å². The number of likely N-dealkylation sites (tertiary alicyclic amines) is 1. The first kappa shape index (κ1) is 17.3. The van der Waals surface area contributed by atoms with Gasteiger partial charge >= 0.3 is 6.03 Å². The highest BCUT2D eigenvalue weighted by Gasteiger charge is 2.33. The number of urea groups is 1. The summed E-state index contributed by atoms with van der Waals surface area (Å²) >= 11 is 1.35. The summed E-state index contributed by atoms with van der Waals surface area (Å²) in [6.07, 6.45) is 3.84. The molecule has 132 valence electrons. The molecule has 0 saturated carbocycles. The van der Waals surface area contributed by atoms with Crippen LogP contribution in [0.4, 0.5) is 9.93 Å². The number of hydrogen-bond acceptors (Lipinski definition) is 6. The zero-order valence-corrected chi connectivity index (χ0v) is 15.0. The van der Waals surface area contributed by atoms with Gasteiger partial charge in [-0.2, -0.15) is 0 Å². The molecule has 0 bridgehead atoms. The third-order valence-corrected chi connectivity index (χ3v) is 5.20. The van der Waals surface area contributed by atoms with E-state index in [2.05, 4.69) is 20.3 Å². The largest absolute Gasteiger partial charge is 0.368 e. The van der Waals surface area contributed by atoms with E-state index >= 15 is 0 Å². The quantitative estimate of drug-likeness (QED) is 0.865. The smallest absolute Gasteiger partial charge is 0.324 e. The molecule has 2 aromatic heterocycles. The highest BCUT2D eigenvalue weighted by atomic mass is 32.1. The fraction of sp³-hybridized carbons (Fsp3) is 0.438. The Kier molecular flexibility index (Phi) is 4.93. The molecule has 3 rings (SSSR count). The molecule has 3 heterocycles. The van der Waals surface area contributed by atoms with Crippen LogP contribution in [0, 0.1) is 6.92 Å². The minimum Gasteiger partial charge on any atom is -0.368 e. The predicted molar refractivity (Wildman–Crippen MR) is 95.2 cm³/mol. The Morgan fingerprint density at radius 2 is 2.24 bits per heavy atom. The van der Waals surface area contributed by atoms with Crippen LogP contribution in [0.25, 0.3) is 10.6 Å². The molecule has 1 aliphatic rings. The van der Waals surface area contributed by atoms with E-state index in [9.17, 15) is 9.59 Å². The number of amides is 3. The molecule has 2 aromatic rings. The number of thiazole rings is 1. The summed E-state index contributed by atoms with van der Waals surface area (Å²) in [6.45, 7) is 4.38. The van der Waals surface area contributed by atoms with Gasteiger partial charge in [0.25, 0.3) is 0 Å². The molecular formula is C16H20N6O2S. The van der Waals surface area contributed by atoms with Crippen molar-refractivity contribution in [1.82, 2.24) is 19.9 Å². The van der Waals surface area contributed by atoms with Crippen molar-refractivity contribution in [2.24, 2.45) is 5.73 Å². The molecule has 1 atom stereocenters. The summed E-state index contributed by atoms with van der Waals surface area (Å²) in [6, 6.07) is 0.933. The van der Waals surface area contributed by atoms with E-state index in [-0.39, 0.29) is 6.03 Å². The maximum atomic E-state index is 12.4.